The van der Waals surface area contributed by atoms with Crippen LogP contribution in [0.3, 0.4) is 0 Å². The van der Waals surface area contributed by atoms with Gasteiger partial charge in [0.2, 0.25) is 0 Å². The molecule has 1 aromatic rings. The van der Waals surface area contributed by atoms with Gasteiger partial charge in [-0.1, -0.05) is 6.42 Å². The Morgan fingerprint density at radius 3 is 3.05 bits per heavy atom. The van der Waals surface area contributed by atoms with Gasteiger partial charge in [-0.15, -0.1) is 0 Å². The third-order valence-corrected chi connectivity index (χ3v) is 3.97. The largest absolute Gasteiger partial charge is 0.369 e. The lowest BCUT2D eigenvalue weighted by Gasteiger charge is -2.31. The van der Waals surface area contributed by atoms with Crippen molar-refractivity contribution in [3.63, 3.8) is 0 Å². The second kappa shape index (κ2) is 4.70. The molecular formula is C13H14N2O4. The van der Waals surface area contributed by atoms with Gasteiger partial charge in [-0.3, -0.25) is 19.9 Å². The molecular weight excluding hydrogens is 248 g/mol. The molecule has 3 unspecified atom stereocenters. The molecule has 1 aliphatic heterocycles. The van der Waals surface area contributed by atoms with Gasteiger partial charge in [0.25, 0.3) is 5.69 Å². The highest BCUT2D eigenvalue weighted by atomic mass is 16.6. The summed E-state index contributed by atoms with van der Waals surface area (Å²) in [5, 5.41) is 11.0. The van der Waals surface area contributed by atoms with Crippen LogP contribution >= 0.6 is 0 Å². The molecule has 0 amide bonds. The van der Waals surface area contributed by atoms with Crippen molar-refractivity contribution in [3.8, 4) is 0 Å². The Balaban J connectivity index is 1.91. The number of Topliss-reactive ketones (excluding diaryl/α,β-unsaturated/α-hetero) is 1. The highest BCUT2D eigenvalue weighted by molar-refractivity contribution is 5.83. The van der Waals surface area contributed by atoms with Gasteiger partial charge < -0.3 is 4.74 Å². The maximum atomic E-state index is 12.1. The van der Waals surface area contributed by atoms with Crippen LogP contribution in [0.5, 0.6) is 0 Å². The molecule has 0 radical (unpaired) electrons. The third-order valence-electron chi connectivity index (χ3n) is 3.97. The fraction of sp³-hybridized carbons (Fsp3) is 0.538. The lowest BCUT2D eigenvalue weighted by molar-refractivity contribution is -0.386. The molecule has 3 rings (SSSR count). The number of aromatic nitrogens is 1. The van der Waals surface area contributed by atoms with Crippen molar-refractivity contribution in [2.24, 2.45) is 5.92 Å². The standard InChI is InChI=1S/C13H14N2O4/c16-11-6-13(19-12-3-1-2-9(11)12)8-4-5-14-7-10(8)15(17)18/h4-5,7,9,12-13H,1-3,6H2. The first kappa shape index (κ1) is 12.2. The molecule has 19 heavy (non-hydrogen) atoms. The van der Waals surface area contributed by atoms with E-state index in [0.717, 1.165) is 19.3 Å². The Hall–Kier alpha value is -1.82. The minimum absolute atomic E-state index is 0.00265. The van der Waals surface area contributed by atoms with Crippen LogP contribution in [-0.4, -0.2) is 21.8 Å². The number of ketones is 1. The number of hydrogen-bond acceptors (Lipinski definition) is 5. The Morgan fingerprint density at radius 2 is 2.26 bits per heavy atom. The van der Waals surface area contributed by atoms with Gasteiger partial charge in [-0.25, -0.2) is 0 Å². The van der Waals surface area contributed by atoms with E-state index in [2.05, 4.69) is 4.98 Å². The van der Waals surface area contributed by atoms with Crippen LogP contribution < -0.4 is 0 Å². The zero-order valence-electron chi connectivity index (χ0n) is 10.3. The Morgan fingerprint density at radius 1 is 1.42 bits per heavy atom. The van der Waals surface area contributed by atoms with E-state index in [1.165, 1.54) is 12.4 Å². The van der Waals surface area contributed by atoms with Gasteiger partial charge in [-0.05, 0) is 18.9 Å². The Bertz CT molecular complexity index is 531. The van der Waals surface area contributed by atoms with E-state index in [1.807, 2.05) is 0 Å². The summed E-state index contributed by atoms with van der Waals surface area (Å²) in [5.74, 6) is 0.169. The highest BCUT2D eigenvalue weighted by Crippen LogP contribution is 2.42. The van der Waals surface area contributed by atoms with Crippen molar-refractivity contribution < 1.29 is 14.5 Å². The third kappa shape index (κ3) is 2.12. The van der Waals surface area contributed by atoms with Gasteiger partial charge in [-0.2, -0.15) is 0 Å². The average Bonchev–Trinajstić information content (AvgIpc) is 2.87. The zero-order valence-corrected chi connectivity index (χ0v) is 10.3. The van der Waals surface area contributed by atoms with Crippen molar-refractivity contribution in [2.75, 3.05) is 0 Å². The number of nitrogens with zero attached hydrogens (tertiary/aromatic N) is 2. The first-order valence-corrected chi connectivity index (χ1v) is 6.43. The summed E-state index contributed by atoms with van der Waals surface area (Å²) in [4.78, 5) is 26.4. The summed E-state index contributed by atoms with van der Waals surface area (Å²) >= 11 is 0. The first-order chi connectivity index (χ1) is 9.16. The van der Waals surface area contributed by atoms with E-state index in [4.69, 9.17) is 4.74 Å². The number of rotatable bonds is 2. The summed E-state index contributed by atoms with van der Waals surface area (Å²) in [5.41, 5.74) is 0.385. The fourth-order valence-electron chi connectivity index (χ4n) is 3.06. The maximum absolute atomic E-state index is 12.1. The van der Waals surface area contributed by atoms with E-state index in [-0.39, 0.29) is 29.9 Å². The molecule has 0 aromatic carbocycles. The number of carbonyl (C=O) groups is 1. The summed E-state index contributed by atoms with van der Waals surface area (Å²) in [6.07, 6.45) is 5.11. The van der Waals surface area contributed by atoms with Crippen molar-refractivity contribution >= 4 is 11.5 Å². The van der Waals surface area contributed by atoms with Gasteiger partial charge in [0.1, 0.15) is 12.0 Å². The predicted molar refractivity (Wildman–Crippen MR) is 65.5 cm³/mol. The zero-order chi connectivity index (χ0) is 13.4. The number of ether oxygens (including phenoxy) is 1. The summed E-state index contributed by atoms with van der Waals surface area (Å²) in [6.45, 7) is 0. The molecule has 1 aliphatic carbocycles. The van der Waals surface area contributed by atoms with Crippen LogP contribution in [0.15, 0.2) is 18.5 Å². The molecule has 6 heteroatoms. The lowest BCUT2D eigenvalue weighted by Crippen LogP contribution is -2.34. The van der Waals surface area contributed by atoms with Gasteiger partial charge >= 0.3 is 0 Å². The molecule has 1 saturated heterocycles. The number of hydrogen-bond donors (Lipinski definition) is 0. The lowest BCUT2D eigenvalue weighted by atomic mass is 9.90. The average molecular weight is 262 g/mol. The van der Waals surface area contributed by atoms with Crippen molar-refractivity contribution in [1.29, 1.82) is 0 Å². The summed E-state index contributed by atoms with van der Waals surface area (Å²) in [7, 11) is 0. The Kier molecular flexibility index (Phi) is 3.02. The van der Waals surface area contributed by atoms with Crippen LogP contribution in [0.25, 0.3) is 0 Å². The topological polar surface area (TPSA) is 82.3 Å². The van der Waals surface area contributed by atoms with Gasteiger partial charge in [0.05, 0.1) is 22.7 Å². The molecule has 100 valence electrons. The Labute approximate surface area is 109 Å². The van der Waals surface area contributed by atoms with Crippen LogP contribution in [0.4, 0.5) is 5.69 Å². The molecule has 0 bridgehead atoms. The van der Waals surface area contributed by atoms with Crippen LogP contribution in [0, 0.1) is 16.0 Å². The molecule has 0 spiro atoms. The molecule has 2 fully saturated rings. The molecule has 1 aromatic heterocycles. The quantitative estimate of drug-likeness (QED) is 0.602. The normalized spacial score (nSPS) is 30.1. The highest BCUT2D eigenvalue weighted by Gasteiger charge is 2.42. The van der Waals surface area contributed by atoms with Crippen molar-refractivity contribution in [3.05, 3.63) is 34.1 Å². The predicted octanol–water partition coefficient (Wildman–Crippen LogP) is 2.19. The van der Waals surface area contributed by atoms with Gasteiger partial charge in [0.15, 0.2) is 0 Å². The number of pyridine rings is 1. The first-order valence-electron chi connectivity index (χ1n) is 6.43. The van der Waals surface area contributed by atoms with E-state index in [0.29, 0.717) is 5.56 Å². The minimum atomic E-state index is -0.504. The maximum Gasteiger partial charge on any atom is 0.293 e. The van der Waals surface area contributed by atoms with Crippen molar-refractivity contribution in [2.45, 2.75) is 37.9 Å². The second-order valence-electron chi connectivity index (χ2n) is 5.06. The van der Waals surface area contributed by atoms with Crippen LogP contribution in [0.1, 0.15) is 37.4 Å². The smallest absolute Gasteiger partial charge is 0.293 e. The molecule has 0 N–H and O–H groups in total. The van der Waals surface area contributed by atoms with E-state index < -0.39 is 11.0 Å². The van der Waals surface area contributed by atoms with Crippen molar-refractivity contribution in [1.82, 2.24) is 4.98 Å². The molecule has 1 saturated carbocycles. The minimum Gasteiger partial charge on any atom is -0.369 e. The monoisotopic (exact) mass is 262 g/mol. The molecule has 3 atom stereocenters. The molecule has 6 nitrogen and oxygen atoms in total. The van der Waals surface area contributed by atoms with Gasteiger partial charge in [0, 0.05) is 18.5 Å². The number of carbonyl (C=O) groups excluding carboxylic acids is 1. The van der Waals surface area contributed by atoms with E-state index >= 15 is 0 Å². The number of fused-ring (bicyclic) bond motifs is 1. The fourth-order valence-corrected chi connectivity index (χ4v) is 3.06. The van der Waals surface area contributed by atoms with E-state index in [9.17, 15) is 14.9 Å². The molecule has 2 heterocycles. The summed E-state index contributed by atoms with van der Waals surface area (Å²) in [6, 6.07) is 1.57. The van der Waals surface area contributed by atoms with Crippen LogP contribution in [0.2, 0.25) is 0 Å². The number of nitro groups is 1. The van der Waals surface area contributed by atoms with E-state index in [1.54, 1.807) is 6.07 Å². The summed E-state index contributed by atoms with van der Waals surface area (Å²) < 4.78 is 5.90. The van der Waals surface area contributed by atoms with Crippen LogP contribution in [-0.2, 0) is 9.53 Å². The molecule has 2 aliphatic rings. The SMILES string of the molecule is O=C1CC(c2ccncc2[N+](=O)[O-])OC2CCCC12. The second-order valence-corrected chi connectivity index (χ2v) is 5.06.